The Morgan fingerprint density at radius 1 is 0.763 bits per heavy atom. The highest BCUT2D eigenvalue weighted by atomic mass is 16.7. The van der Waals surface area contributed by atoms with Crippen LogP contribution in [-0.2, 0) is 5.41 Å². The lowest BCUT2D eigenvalue weighted by Crippen LogP contribution is -2.34. The number of hydrogen-bond acceptors (Lipinski definition) is 5. The first-order chi connectivity index (χ1) is 18.3. The zero-order chi connectivity index (χ0) is 26.9. The maximum atomic E-state index is 14.1. The van der Waals surface area contributed by atoms with Crippen LogP contribution in [0.5, 0.6) is 17.2 Å². The molecule has 6 heteroatoms. The molecule has 38 heavy (non-hydrogen) atoms. The summed E-state index contributed by atoms with van der Waals surface area (Å²) < 4.78 is 10.9. The van der Waals surface area contributed by atoms with Gasteiger partial charge in [0.2, 0.25) is 0 Å². The molecule has 0 aliphatic heterocycles. The Balaban J connectivity index is 1.64. The molecule has 4 aromatic carbocycles. The summed E-state index contributed by atoms with van der Waals surface area (Å²) in [5, 5.41) is 3.87. The quantitative estimate of drug-likeness (QED) is 0.225. The Hall–Kier alpha value is -4.58. The number of carbonyl (C=O) groups is 1. The van der Waals surface area contributed by atoms with Crippen LogP contribution in [-0.4, -0.2) is 25.1 Å². The molecule has 5 aromatic rings. The predicted molar refractivity (Wildman–Crippen MR) is 151 cm³/mol. The maximum Gasteiger partial charge on any atom is 0.291 e. The van der Waals surface area contributed by atoms with E-state index in [1.54, 1.807) is 38.6 Å². The maximum absolute atomic E-state index is 14.1. The smallest absolute Gasteiger partial charge is 0.291 e. The Kier molecular flexibility index (Phi) is 6.64. The number of benzene rings is 4. The normalized spacial score (nSPS) is 11.4. The van der Waals surface area contributed by atoms with Crippen LogP contribution in [0.4, 0.5) is 5.69 Å². The van der Waals surface area contributed by atoms with Gasteiger partial charge in [0, 0.05) is 23.7 Å². The number of carbonyl (C=O) groups excluding carboxylic acids is 1. The van der Waals surface area contributed by atoms with E-state index in [0.717, 1.165) is 16.3 Å². The van der Waals surface area contributed by atoms with Gasteiger partial charge >= 0.3 is 0 Å². The van der Waals surface area contributed by atoms with E-state index in [0.29, 0.717) is 39.4 Å². The van der Waals surface area contributed by atoms with Gasteiger partial charge in [-0.1, -0.05) is 69.3 Å². The van der Waals surface area contributed by atoms with Crippen LogP contribution in [0.3, 0.4) is 0 Å². The summed E-state index contributed by atoms with van der Waals surface area (Å²) in [7, 11) is 3.16. The summed E-state index contributed by atoms with van der Waals surface area (Å²) in [6.45, 7) is 6.47. The van der Waals surface area contributed by atoms with Crippen molar-refractivity contribution in [2.24, 2.45) is 0 Å². The Labute approximate surface area is 222 Å². The van der Waals surface area contributed by atoms with Crippen molar-refractivity contribution in [3.8, 4) is 17.2 Å². The molecule has 1 aromatic heterocycles. The van der Waals surface area contributed by atoms with Crippen molar-refractivity contribution in [2.75, 3.05) is 19.3 Å². The van der Waals surface area contributed by atoms with Crippen molar-refractivity contribution in [2.45, 2.75) is 26.2 Å². The minimum Gasteiger partial charge on any atom is -0.493 e. The Morgan fingerprint density at radius 3 is 2.16 bits per heavy atom. The lowest BCUT2D eigenvalue weighted by atomic mass is 9.87. The molecule has 192 valence electrons. The number of anilines is 1. The first kappa shape index (κ1) is 25.1. The van der Waals surface area contributed by atoms with Crippen molar-refractivity contribution in [1.82, 2.24) is 4.98 Å². The molecule has 0 saturated carbocycles. The van der Waals surface area contributed by atoms with Crippen molar-refractivity contribution in [1.29, 1.82) is 0 Å². The monoisotopic (exact) mass is 506 g/mol. The summed E-state index contributed by atoms with van der Waals surface area (Å²) in [5.74, 6) is 1.28. The topological polar surface area (TPSA) is 60.9 Å². The van der Waals surface area contributed by atoms with Gasteiger partial charge < -0.3 is 14.3 Å². The number of ether oxygens (including phenoxy) is 2. The molecular weight excluding hydrogens is 476 g/mol. The van der Waals surface area contributed by atoms with Gasteiger partial charge in [0.25, 0.3) is 5.91 Å². The number of nitrogens with zero attached hydrogens (tertiary/aromatic N) is 2. The highest BCUT2D eigenvalue weighted by Crippen LogP contribution is 2.36. The standard InChI is InChI=1S/C32H30N2O4/c1-32(2,3)22-13-15-23(16-14-22)34(31(35)25-12-8-10-21-9-6-7-11-24(21)25)38-28-17-18-33-27-20-30(37-5)29(36-4)19-26(27)28/h6-20H,1-5H3. The molecule has 0 N–H and O–H groups in total. The molecule has 6 nitrogen and oxygen atoms in total. The van der Waals surface area contributed by atoms with Gasteiger partial charge in [-0.05, 0) is 46.0 Å². The van der Waals surface area contributed by atoms with Crippen molar-refractivity contribution >= 4 is 33.3 Å². The van der Waals surface area contributed by atoms with E-state index in [1.807, 2.05) is 66.7 Å². The molecule has 0 unspecified atom stereocenters. The van der Waals surface area contributed by atoms with Crippen LogP contribution in [0, 0.1) is 0 Å². The van der Waals surface area contributed by atoms with Crippen LogP contribution >= 0.6 is 0 Å². The number of pyridine rings is 1. The van der Waals surface area contributed by atoms with Crippen molar-refractivity contribution in [3.05, 3.63) is 102 Å². The molecule has 0 bridgehead atoms. The third-order valence-electron chi connectivity index (χ3n) is 6.57. The average Bonchev–Trinajstić information content (AvgIpc) is 2.94. The van der Waals surface area contributed by atoms with Crippen LogP contribution in [0.15, 0.2) is 91.1 Å². The zero-order valence-corrected chi connectivity index (χ0v) is 22.2. The first-order valence-corrected chi connectivity index (χ1v) is 12.4. The van der Waals surface area contributed by atoms with Crippen molar-refractivity contribution in [3.63, 3.8) is 0 Å². The van der Waals surface area contributed by atoms with E-state index >= 15 is 0 Å². The van der Waals surface area contributed by atoms with E-state index in [2.05, 4.69) is 25.8 Å². The number of methoxy groups -OCH3 is 2. The molecule has 0 fully saturated rings. The summed E-state index contributed by atoms with van der Waals surface area (Å²) in [5.41, 5.74) is 2.94. The second-order valence-electron chi connectivity index (χ2n) is 10.0. The highest BCUT2D eigenvalue weighted by molar-refractivity contribution is 6.13. The van der Waals surface area contributed by atoms with Gasteiger partial charge in [-0.15, -0.1) is 5.06 Å². The summed E-state index contributed by atoms with van der Waals surface area (Å²) in [6.07, 6.45) is 1.65. The minimum absolute atomic E-state index is 0.0270. The van der Waals surface area contributed by atoms with E-state index in [9.17, 15) is 4.79 Å². The number of hydrogen-bond donors (Lipinski definition) is 0. The average molecular weight is 507 g/mol. The van der Waals surface area contributed by atoms with Crippen LogP contribution in [0.25, 0.3) is 21.7 Å². The molecular formula is C32H30N2O4. The SMILES string of the molecule is COc1cc2nccc(ON(C(=O)c3cccc4ccccc34)c3ccc(C(C)(C)C)cc3)c2cc1OC. The molecule has 0 aliphatic rings. The van der Waals surface area contributed by atoms with Crippen LogP contribution < -0.4 is 19.4 Å². The highest BCUT2D eigenvalue weighted by Gasteiger charge is 2.24. The van der Waals surface area contributed by atoms with Crippen LogP contribution in [0.1, 0.15) is 36.7 Å². The third-order valence-corrected chi connectivity index (χ3v) is 6.57. The van der Waals surface area contributed by atoms with Gasteiger partial charge in [0.05, 0.1) is 31.0 Å². The van der Waals surface area contributed by atoms with Gasteiger partial charge in [-0.25, -0.2) is 0 Å². The Bertz CT molecular complexity index is 1620. The van der Waals surface area contributed by atoms with E-state index in [4.69, 9.17) is 14.3 Å². The molecule has 0 saturated heterocycles. The number of amides is 1. The molecule has 0 radical (unpaired) electrons. The minimum atomic E-state index is -0.282. The predicted octanol–water partition coefficient (Wildman–Crippen LogP) is 7.34. The van der Waals surface area contributed by atoms with E-state index in [1.165, 1.54) is 5.06 Å². The summed E-state index contributed by atoms with van der Waals surface area (Å²) >= 11 is 0. The molecule has 1 amide bonds. The fourth-order valence-electron chi connectivity index (χ4n) is 4.45. The number of fused-ring (bicyclic) bond motifs is 2. The fourth-order valence-corrected chi connectivity index (χ4v) is 4.45. The molecule has 0 spiro atoms. The number of rotatable bonds is 6. The molecule has 5 rings (SSSR count). The molecule has 1 heterocycles. The summed E-state index contributed by atoms with van der Waals surface area (Å²) in [4.78, 5) is 25.0. The van der Waals surface area contributed by atoms with Gasteiger partial charge in [0.15, 0.2) is 17.2 Å². The van der Waals surface area contributed by atoms with Crippen molar-refractivity contribution < 1.29 is 19.1 Å². The van der Waals surface area contributed by atoms with Gasteiger partial charge in [-0.3, -0.25) is 9.78 Å². The van der Waals surface area contributed by atoms with Crippen LogP contribution in [0.2, 0.25) is 0 Å². The van der Waals surface area contributed by atoms with E-state index in [-0.39, 0.29) is 11.3 Å². The summed E-state index contributed by atoms with van der Waals surface area (Å²) in [6, 6.07) is 26.7. The Morgan fingerprint density at radius 2 is 1.45 bits per heavy atom. The number of hydroxylamine groups is 1. The fraction of sp³-hybridized carbons (Fsp3) is 0.188. The second kappa shape index (κ2) is 10.1. The zero-order valence-electron chi connectivity index (χ0n) is 22.2. The second-order valence-corrected chi connectivity index (χ2v) is 10.0. The number of aromatic nitrogens is 1. The molecule has 0 aliphatic carbocycles. The van der Waals surface area contributed by atoms with Gasteiger partial charge in [-0.2, -0.15) is 0 Å². The third kappa shape index (κ3) is 4.73. The first-order valence-electron chi connectivity index (χ1n) is 12.4. The molecule has 0 atom stereocenters. The van der Waals surface area contributed by atoms with Gasteiger partial charge in [0.1, 0.15) is 0 Å². The van der Waals surface area contributed by atoms with E-state index < -0.39 is 0 Å². The lowest BCUT2D eigenvalue weighted by molar-refractivity contribution is 0.0883. The lowest BCUT2D eigenvalue weighted by Gasteiger charge is -2.25. The largest absolute Gasteiger partial charge is 0.493 e.